The molecule has 0 spiro atoms. The van der Waals surface area contributed by atoms with Crippen molar-refractivity contribution in [3.63, 3.8) is 0 Å². The van der Waals surface area contributed by atoms with Gasteiger partial charge in [-0.15, -0.1) is 0 Å². The summed E-state index contributed by atoms with van der Waals surface area (Å²) in [5, 5.41) is 3.61. The van der Waals surface area contributed by atoms with E-state index in [1.54, 1.807) is 11.2 Å². The standard InChI is InChI=1S/C18H22N2O5S/c1-13-17(10-19-25-13)26(21,22)20-7-3-6-18(2,11-20)9-14-4-5-15-16(8-14)24-12-23-15/h4-5,8,10H,3,6-7,9,11-12H2,1-2H3/t18-/m0/s1. The summed E-state index contributed by atoms with van der Waals surface area (Å²) in [6.07, 6.45) is 3.85. The molecule has 2 aromatic rings. The molecule has 0 aliphatic carbocycles. The molecule has 1 aromatic carbocycles. The van der Waals surface area contributed by atoms with E-state index in [1.807, 2.05) is 18.2 Å². The van der Waals surface area contributed by atoms with Crippen LogP contribution >= 0.6 is 0 Å². The summed E-state index contributed by atoms with van der Waals surface area (Å²) in [5.74, 6) is 1.84. The van der Waals surface area contributed by atoms with E-state index in [-0.39, 0.29) is 17.1 Å². The molecule has 1 aromatic heterocycles. The number of hydrogen-bond acceptors (Lipinski definition) is 6. The second kappa shape index (κ2) is 6.28. The first-order valence-corrected chi connectivity index (χ1v) is 10.1. The molecule has 0 bridgehead atoms. The highest BCUT2D eigenvalue weighted by molar-refractivity contribution is 7.89. The lowest BCUT2D eigenvalue weighted by Gasteiger charge is -2.39. The van der Waals surface area contributed by atoms with Crippen molar-refractivity contribution in [3.05, 3.63) is 35.7 Å². The van der Waals surface area contributed by atoms with Crippen LogP contribution in [0.15, 0.2) is 33.8 Å². The molecule has 26 heavy (non-hydrogen) atoms. The fraction of sp³-hybridized carbons (Fsp3) is 0.500. The highest BCUT2D eigenvalue weighted by Crippen LogP contribution is 2.39. The molecule has 0 N–H and O–H groups in total. The second-order valence-corrected chi connectivity index (χ2v) is 9.27. The van der Waals surface area contributed by atoms with Crippen molar-refractivity contribution >= 4 is 10.0 Å². The zero-order valence-corrected chi connectivity index (χ0v) is 15.7. The van der Waals surface area contributed by atoms with Crippen molar-refractivity contribution in [1.82, 2.24) is 9.46 Å². The van der Waals surface area contributed by atoms with Crippen molar-refractivity contribution in [1.29, 1.82) is 0 Å². The Bertz CT molecular complexity index is 923. The van der Waals surface area contributed by atoms with E-state index in [9.17, 15) is 8.42 Å². The van der Waals surface area contributed by atoms with Crippen LogP contribution in [0.4, 0.5) is 0 Å². The molecule has 1 atom stereocenters. The lowest BCUT2D eigenvalue weighted by atomic mass is 9.77. The van der Waals surface area contributed by atoms with Gasteiger partial charge in [-0.25, -0.2) is 8.42 Å². The largest absolute Gasteiger partial charge is 0.454 e. The predicted octanol–water partition coefficient (Wildman–Crippen LogP) is 2.75. The topological polar surface area (TPSA) is 81.9 Å². The number of ether oxygens (including phenoxy) is 2. The monoisotopic (exact) mass is 378 g/mol. The molecule has 3 heterocycles. The van der Waals surface area contributed by atoms with Crippen molar-refractivity contribution in [2.75, 3.05) is 19.9 Å². The van der Waals surface area contributed by atoms with Gasteiger partial charge >= 0.3 is 0 Å². The van der Waals surface area contributed by atoms with Gasteiger partial charge < -0.3 is 14.0 Å². The number of nitrogens with zero attached hydrogens (tertiary/aromatic N) is 2. The predicted molar refractivity (Wildman–Crippen MR) is 93.6 cm³/mol. The Morgan fingerprint density at radius 2 is 2.08 bits per heavy atom. The van der Waals surface area contributed by atoms with E-state index in [1.165, 1.54) is 6.20 Å². The number of piperidine rings is 1. The van der Waals surface area contributed by atoms with E-state index in [4.69, 9.17) is 14.0 Å². The van der Waals surface area contributed by atoms with E-state index in [2.05, 4.69) is 12.1 Å². The minimum atomic E-state index is -3.59. The van der Waals surface area contributed by atoms with Gasteiger partial charge in [0.1, 0.15) is 4.90 Å². The van der Waals surface area contributed by atoms with Gasteiger partial charge in [0.2, 0.25) is 16.8 Å². The average Bonchev–Trinajstić information content (AvgIpc) is 3.23. The van der Waals surface area contributed by atoms with Crippen LogP contribution in [0.3, 0.4) is 0 Å². The van der Waals surface area contributed by atoms with E-state index >= 15 is 0 Å². The number of aryl methyl sites for hydroxylation is 1. The lowest BCUT2D eigenvalue weighted by Crippen LogP contribution is -2.45. The fourth-order valence-corrected chi connectivity index (χ4v) is 5.54. The summed E-state index contributed by atoms with van der Waals surface area (Å²) < 4.78 is 43.2. The quantitative estimate of drug-likeness (QED) is 0.814. The molecule has 0 radical (unpaired) electrons. The van der Waals surface area contributed by atoms with E-state index in [0.29, 0.717) is 18.8 Å². The Balaban J connectivity index is 1.55. The van der Waals surface area contributed by atoms with E-state index in [0.717, 1.165) is 36.3 Å². The Labute approximate surface area is 152 Å². The maximum absolute atomic E-state index is 13.0. The number of hydrogen-bond donors (Lipinski definition) is 0. The smallest absolute Gasteiger partial charge is 0.248 e. The Morgan fingerprint density at radius 3 is 2.85 bits per heavy atom. The van der Waals surface area contributed by atoms with Gasteiger partial charge in [0, 0.05) is 13.1 Å². The molecule has 0 saturated carbocycles. The van der Waals surface area contributed by atoms with Gasteiger partial charge in [0.15, 0.2) is 17.3 Å². The summed E-state index contributed by atoms with van der Waals surface area (Å²) in [6, 6.07) is 5.93. The highest BCUT2D eigenvalue weighted by atomic mass is 32.2. The van der Waals surface area contributed by atoms with Crippen molar-refractivity contribution in [2.24, 2.45) is 5.41 Å². The number of aromatic nitrogens is 1. The van der Waals surface area contributed by atoms with Gasteiger partial charge in [-0.05, 0) is 49.3 Å². The molecule has 1 saturated heterocycles. The second-order valence-electron chi connectivity index (χ2n) is 7.36. The normalized spacial score (nSPS) is 23.3. The molecule has 7 nitrogen and oxygen atoms in total. The van der Waals surface area contributed by atoms with Gasteiger partial charge in [0.25, 0.3) is 0 Å². The van der Waals surface area contributed by atoms with Crippen LogP contribution in [0, 0.1) is 12.3 Å². The van der Waals surface area contributed by atoms with Crippen LogP contribution in [0.1, 0.15) is 31.1 Å². The number of rotatable bonds is 4. The Morgan fingerprint density at radius 1 is 1.27 bits per heavy atom. The third-order valence-corrected chi connectivity index (χ3v) is 7.08. The molecule has 0 amide bonds. The van der Waals surface area contributed by atoms with Crippen LogP contribution < -0.4 is 9.47 Å². The number of benzene rings is 1. The molecule has 0 unspecified atom stereocenters. The first-order chi connectivity index (χ1) is 12.4. The Hall–Kier alpha value is -2.06. The summed E-state index contributed by atoms with van der Waals surface area (Å²) in [6.45, 7) is 4.99. The molecule has 4 rings (SSSR count). The maximum atomic E-state index is 13.0. The van der Waals surface area contributed by atoms with Gasteiger partial charge in [-0.3, -0.25) is 0 Å². The molecule has 2 aliphatic heterocycles. The van der Waals surface area contributed by atoms with E-state index < -0.39 is 10.0 Å². The first-order valence-electron chi connectivity index (χ1n) is 8.67. The SMILES string of the molecule is Cc1oncc1S(=O)(=O)N1CCC[C@@](C)(Cc2ccc3c(c2)OCO3)C1. The summed E-state index contributed by atoms with van der Waals surface area (Å²) >= 11 is 0. The highest BCUT2D eigenvalue weighted by Gasteiger charge is 2.38. The number of fused-ring (bicyclic) bond motifs is 1. The van der Waals surface area contributed by atoms with Crippen LogP contribution in [0.5, 0.6) is 11.5 Å². The Kier molecular flexibility index (Phi) is 4.19. The zero-order chi connectivity index (χ0) is 18.4. The van der Waals surface area contributed by atoms with Crippen LogP contribution in [-0.4, -0.2) is 37.8 Å². The van der Waals surface area contributed by atoms with Crippen molar-refractivity contribution < 1.29 is 22.4 Å². The average molecular weight is 378 g/mol. The van der Waals surface area contributed by atoms with Crippen molar-refractivity contribution in [2.45, 2.75) is 38.0 Å². The van der Waals surface area contributed by atoms with Gasteiger partial charge in [-0.2, -0.15) is 4.31 Å². The molecule has 140 valence electrons. The molecule has 8 heteroatoms. The number of sulfonamides is 1. The minimum absolute atomic E-state index is 0.149. The third-order valence-electron chi connectivity index (χ3n) is 5.14. The molecular formula is C18H22N2O5S. The van der Waals surface area contributed by atoms with Gasteiger partial charge in [-0.1, -0.05) is 18.1 Å². The zero-order valence-electron chi connectivity index (χ0n) is 14.9. The van der Waals surface area contributed by atoms with Crippen LogP contribution in [0.2, 0.25) is 0 Å². The van der Waals surface area contributed by atoms with Crippen LogP contribution in [-0.2, 0) is 16.4 Å². The van der Waals surface area contributed by atoms with Crippen molar-refractivity contribution in [3.8, 4) is 11.5 Å². The summed E-state index contributed by atoms with van der Waals surface area (Å²) in [4.78, 5) is 0.157. The maximum Gasteiger partial charge on any atom is 0.248 e. The summed E-state index contributed by atoms with van der Waals surface area (Å²) in [7, 11) is -3.59. The van der Waals surface area contributed by atoms with Gasteiger partial charge in [0.05, 0.1) is 6.20 Å². The minimum Gasteiger partial charge on any atom is -0.454 e. The molecular weight excluding hydrogens is 356 g/mol. The van der Waals surface area contributed by atoms with Crippen LogP contribution in [0.25, 0.3) is 0 Å². The first kappa shape index (κ1) is 17.4. The lowest BCUT2D eigenvalue weighted by molar-refractivity contribution is 0.165. The molecule has 1 fully saturated rings. The third kappa shape index (κ3) is 3.07. The summed E-state index contributed by atoms with van der Waals surface area (Å²) in [5.41, 5.74) is 0.974. The molecule has 2 aliphatic rings. The fourth-order valence-electron chi connectivity index (χ4n) is 3.84.